The molecule has 0 atom stereocenters. The van der Waals surface area contributed by atoms with Crippen LogP contribution in [0.5, 0.6) is 5.75 Å². The topological polar surface area (TPSA) is 32.8 Å². The van der Waals surface area contributed by atoms with Crippen LogP contribution in [0.3, 0.4) is 0 Å². The minimum absolute atomic E-state index is 0.0277. The van der Waals surface area contributed by atoms with Gasteiger partial charge < -0.3 is 14.5 Å². The molecule has 3 aromatic rings. The van der Waals surface area contributed by atoms with Crippen LogP contribution in [0.4, 0.5) is 0 Å². The number of carbonyl (C=O) groups is 1. The van der Waals surface area contributed by atoms with Gasteiger partial charge in [-0.25, -0.2) is 0 Å². The molecule has 0 unspecified atom stereocenters. The lowest BCUT2D eigenvalue weighted by Gasteiger charge is -2.23. The molecule has 32 heavy (non-hydrogen) atoms. The van der Waals surface area contributed by atoms with Gasteiger partial charge in [-0.1, -0.05) is 78.9 Å². The number of amides is 1. The molecule has 0 N–H and O–H groups in total. The molecule has 0 fully saturated rings. The molecule has 0 spiro atoms. The van der Waals surface area contributed by atoms with Crippen LogP contribution in [0.15, 0.2) is 91.0 Å². The van der Waals surface area contributed by atoms with Gasteiger partial charge in [0.25, 0.3) is 0 Å². The summed E-state index contributed by atoms with van der Waals surface area (Å²) in [6.07, 6.45) is 4.47. The lowest BCUT2D eigenvalue weighted by molar-refractivity contribution is -0.127. The highest BCUT2D eigenvalue weighted by Crippen LogP contribution is 2.22. The molecule has 0 saturated carbocycles. The van der Waals surface area contributed by atoms with Crippen molar-refractivity contribution in [2.75, 3.05) is 27.2 Å². The molecule has 0 saturated heterocycles. The monoisotopic (exact) mass is 428 g/mol. The van der Waals surface area contributed by atoms with Gasteiger partial charge in [0.05, 0.1) is 6.61 Å². The van der Waals surface area contributed by atoms with Crippen LogP contribution < -0.4 is 4.74 Å². The minimum Gasteiger partial charge on any atom is -0.493 e. The van der Waals surface area contributed by atoms with Crippen LogP contribution in [-0.4, -0.2) is 43.0 Å². The fourth-order valence-corrected chi connectivity index (χ4v) is 3.40. The van der Waals surface area contributed by atoms with Gasteiger partial charge in [-0.05, 0) is 43.8 Å². The lowest BCUT2D eigenvalue weighted by Crippen LogP contribution is -2.28. The van der Waals surface area contributed by atoms with E-state index in [-0.39, 0.29) is 5.91 Å². The summed E-state index contributed by atoms with van der Waals surface area (Å²) in [7, 11) is 4.12. The maximum atomic E-state index is 13.2. The molecule has 4 heteroatoms. The number of benzene rings is 3. The van der Waals surface area contributed by atoms with Crippen molar-refractivity contribution in [3.63, 3.8) is 0 Å². The highest BCUT2D eigenvalue weighted by atomic mass is 16.5. The molecule has 1 amide bonds. The van der Waals surface area contributed by atoms with Gasteiger partial charge in [-0.15, -0.1) is 0 Å². The molecule has 0 aliphatic carbocycles. The largest absolute Gasteiger partial charge is 0.493 e. The highest BCUT2D eigenvalue weighted by molar-refractivity contribution is 5.91. The fraction of sp³-hybridized carbons (Fsp3) is 0.250. The van der Waals surface area contributed by atoms with E-state index in [0.717, 1.165) is 35.4 Å². The number of hydrogen-bond acceptors (Lipinski definition) is 3. The Balaban J connectivity index is 1.75. The molecule has 0 aliphatic heterocycles. The summed E-state index contributed by atoms with van der Waals surface area (Å²) in [6, 6.07) is 27.9. The molecule has 0 bridgehead atoms. The summed E-state index contributed by atoms with van der Waals surface area (Å²) in [4.78, 5) is 17.2. The first-order chi connectivity index (χ1) is 15.6. The zero-order valence-electron chi connectivity index (χ0n) is 19.0. The summed E-state index contributed by atoms with van der Waals surface area (Å²) in [5.41, 5.74) is 3.11. The Labute approximate surface area is 191 Å². The van der Waals surface area contributed by atoms with E-state index >= 15 is 0 Å². The van der Waals surface area contributed by atoms with Crippen LogP contribution >= 0.6 is 0 Å². The summed E-state index contributed by atoms with van der Waals surface area (Å²) >= 11 is 0. The molecule has 3 rings (SSSR count). The average molecular weight is 429 g/mol. The number of carbonyl (C=O) groups excluding carboxylic acids is 1. The Bertz CT molecular complexity index is 985. The average Bonchev–Trinajstić information content (AvgIpc) is 2.82. The zero-order chi connectivity index (χ0) is 22.6. The van der Waals surface area contributed by atoms with Crippen molar-refractivity contribution < 1.29 is 9.53 Å². The number of ether oxygens (including phenoxy) is 1. The second kappa shape index (κ2) is 12.5. The summed E-state index contributed by atoms with van der Waals surface area (Å²) in [5, 5.41) is 0. The molecule has 0 heterocycles. The van der Waals surface area contributed by atoms with Crippen molar-refractivity contribution >= 4 is 12.0 Å². The van der Waals surface area contributed by atoms with Gasteiger partial charge in [0.1, 0.15) is 5.75 Å². The standard InChI is InChI=1S/C28H32N2O2/c1-29(2)20-11-21-32-27-17-10-9-16-26(27)23-30(22-25-14-7-4-8-15-25)28(31)19-18-24-12-5-3-6-13-24/h3-10,12-19H,11,20-23H2,1-2H3/b19-18+. The second-order valence-corrected chi connectivity index (χ2v) is 8.04. The maximum Gasteiger partial charge on any atom is 0.247 e. The van der Waals surface area contributed by atoms with Crippen molar-refractivity contribution in [3.8, 4) is 5.75 Å². The van der Waals surface area contributed by atoms with Crippen molar-refractivity contribution in [2.24, 2.45) is 0 Å². The van der Waals surface area contributed by atoms with Crippen LogP contribution in [0.2, 0.25) is 0 Å². The third kappa shape index (κ3) is 7.71. The zero-order valence-corrected chi connectivity index (χ0v) is 19.0. The Hall–Kier alpha value is -3.37. The molecule has 166 valence electrons. The van der Waals surface area contributed by atoms with E-state index in [0.29, 0.717) is 19.7 Å². The third-order valence-corrected chi connectivity index (χ3v) is 5.09. The maximum absolute atomic E-state index is 13.2. The predicted octanol–water partition coefficient (Wildman–Crippen LogP) is 5.26. The van der Waals surface area contributed by atoms with Gasteiger partial charge in [0, 0.05) is 31.3 Å². The van der Waals surface area contributed by atoms with Gasteiger partial charge in [-0.2, -0.15) is 0 Å². The summed E-state index contributed by atoms with van der Waals surface area (Å²) in [5.74, 6) is 0.810. The van der Waals surface area contributed by atoms with Crippen molar-refractivity contribution in [1.82, 2.24) is 9.80 Å². The Kier molecular flexibility index (Phi) is 9.08. The number of rotatable bonds is 11. The van der Waals surface area contributed by atoms with E-state index in [1.807, 2.05) is 95.9 Å². The first-order valence-corrected chi connectivity index (χ1v) is 11.0. The Morgan fingerprint density at radius 1 is 0.844 bits per heavy atom. The SMILES string of the molecule is CN(C)CCCOc1ccccc1CN(Cc1ccccc1)C(=O)/C=C/c1ccccc1. The fourth-order valence-electron chi connectivity index (χ4n) is 3.40. The van der Waals surface area contributed by atoms with E-state index in [4.69, 9.17) is 4.74 Å². The Morgan fingerprint density at radius 3 is 2.22 bits per heavy atom. The van der Waals surface area contributed by atoms with E-state index in [2.05, 4.69) is 19.0 Å². The van der Waals surface area contributed by atoms with Crippen molar-refractivity contribution in [2.45, 2.75) is 19.5 Å². The molecule has 0 aromatic heterocycles. The minimum atomic E-state index is -0.0277. The van der Waals surface area contributed by atoms with Crippen molar-refractivity contribution in [3.05, 3.63) is 108 Å². The molecular weight excluding hydrogens is 396 g/mol. The molecule has 3 aromatic carbocycles. The third-order valence-electron chi connectivity index (χ3n) is 5.09. The van der Waals surface area contributed by atoms with Crippen LogP contribution in [0.1, 0.15) is 23.1 Å². The van der Waals surface area contributed by atoms with Crippen LogP contribution in [0, 0.1) is 0 Å². The van der Waals surface area contributed by atoms with Gasteiger partial charge in [-0.3, -0.25) is 4.79 Å². The van der Waals surface area contributed by atoms with E-state index in [1.165, 1.54) is 0 Å². The quantitative estimate of drug-likeness (QED) is 0.309. The van der Waals surface area contributed by atoms with Gasteiger partial charge in [0.15, 0.2) is 0 Å². The first kappa shape index (κ1) is 23.3. The van der Waals surface area contributed by atoms with E-state index < -0.39 is 0 Å². The van der Waals surface area contributed by atoms with Crippen LogP contribution in [-0.2, 0) is 17.9 Å². The van der Waals surface area contributed by atoms with E-state index in [9.17, 15) is 4.79 Å². The molecule has 0 aliphatic rings. The van der Waals surface area contributed by atoms with E-state index in [1.54, 1.807) is 6.08 Å². The smallest absolute Gasteiger partial charge is 0.247 e. The van der Waals surface area contributed by atoms with Crippen molar-refractivity contribution in [1.29, 1.82) is 0 Å². The van der Waals surface area contributed by atoms with Gasteiger partial charge >= 0.3 is 0 Å². The highest BCUT2D eigenvalue weighted by Gasteiger charge is 2.15. The molecule has 0 radical (unpaired) electrons. The molecular formula is C28H32N2O2. The summed E-state index contributed by atoms with van der Waals surface area (Å²) < 4.78 is 6.07. The Morgan fingerprint density at radius 2 is 1.50 bits per heavy atom. The number of para-hydroxylation sites is 1. The predicted molar refractivity (Wildman–Crippen MR) is 131 cm³/mol. The second-order valence-electron chi connectivity index (χ2n) is 8.04. The molecule has 4 nitrogen and oxygen atoms in total. The summed E-state index contributed by atoms with van der Waals surface area (Å²) in [6.45, 7) is 2.64. The normalized spacial score (nSPS) is 11.1. The number of hydrogen-bond donors (Lipinski definition) is 0. The van der Waals surface area contributed by atoms with Gasteiger partial charge in [0.2, 0.25) is 5.91 Å². The number of nitrogens with zero attached hydrogens (tertiary/aromatic N) is 2. The van der Waals surface area contributed by atoms with Crippen LogP contribution in [0.25, 0.3) is 6.08 Å². The lowest BCUT2D eigenvalue weighted by atomic mass is 10.1. The first-order valence-electron chi connectivity index (χ1n) is 11.0.